The number of carbonyl (C=O) groups excluding carboxylic acids is 1. The van der Waals surface area contributed by atoms with Crippen LogP contribution in [0.3, 0.4) is 0 Å². The molecule has 0 saturated heterocycles. The molecule has 6 heteroatoms. The van der Waals surface area contributed by atoms with Crippen molar-refractivity contribution < 1.29 is 9.90 Å². The van der Waals surface area contributed by atoms with Gasteiger partial charge in [0.25, 0.3) is 5.91 Å². The molecule has 3 heterocycles. The van der Waals surface area contributed by atoms with Crippen molar-refractivity contribution in [2.45, 2.75) is 51.6 Å². The smallest absolute Gasteiger partial charge is 0.289 e. The molecule has 1 aromatic carbocycles. The summed E-state index contributed by atoms with van der Waals surface area (Å²) in [6, 6.07) is 7.92. The summed E-state index contributed by atoms with van der Waals surface area (Å²) in [7, 11) is 0. The number of imidazole rings is 1. The molecule has 0 fully saturated rings. The van der Waals surface area contributed by atoms with Crippen LogP contribution in [0.4, 0.5) is 0 Å². The molecule has 6 nitrogen and oxygen atoms in total. The quantitative estimate of drug-likeness (QED) is 0.517. The van der Waals surface area contributed by atoms with Gasteiger partial charge in [0.2, 0.25) is 0 Å². The average molecular weight is 393 g/mol. The first-order valence-corrected chi connectivity index (χ1v) is 10.5. The molecule has 0 aliphatic carbocycles. The number of carbonyl (C=O) groups is 1. The van der Waals surface area contributed by atoms with Crippen LogP contribution >= 0.6 is 0 Å². The maximum atomic E-state index is 13.0. The summed E-state index contributed by atoms with van der Waals surface area (Å²) in [5, 5.41) is 11.8. The third-order valence-electron chi connectivity index (χ3n) is 5.75. The minimum Gasteiger partial charge on any atom is -0.503 e. The second-order valence-electron chi connectivity index (χ2n) is 7.68. The van der Waals surface area contributed by atoms with Gasteiger partial charge in [-0.05, 0) is 25.3 Å². The largest absolute Gasteiger partial charge is 0.503 e. The van der Waals surface area contributed by atoms with Crippen LogP contribution in [0.15, 0.2) is 60.5 Å². The molecule has 2 N–H and O–H groups in total. The number of aliphatic hydroxyl groups excluding tert-OH is 1. The highest BCUT2D eigenvalue weighted by Gasteiger charge is 2.40. The van der Waals surface area contributed by atoms with E-state index >= 15 is 0 Å². The van der Waals surface area contributed by atoms with Crippen molar-refractivity contribution >= 4 is 16.8 Å². The highest BCUT2D eigenvalue weighted by Crippen LogP contribution is 2.42. The molecule has 0 radical (unpaired) electrons. The van der Waals surface area contributed by atoms with Gasteiger partial charge in [-0.25, -0.2) is 4.98 Å². The van der Waals surface area contributed by atoms with Crippen molar-refractivity contribution in [3.8, 4) is 0 Å². The zero-order valence-electron chi connectivity index (χ0n) is 16.8. The highest BCUT2D eigenvalue weighted by molar-refractivity contribution is 5.97. The van der Waals surface area contributed by atoms with Crippen LogP contribution in [0.2, 0.25) is 0 Å². The first-order valence-electron chi connectivity index (χ1n) is 10.5. The lowest BCUT2D eigenvalue weighted by Gasteiger charge is -2.27. The van der Waals surface area contributed by atoms with E-state index in [1.165, 1.54) is 0 Å². The van der Waals surface area contributed by atoms with E-state index in [2.05, 4.69) is 23.0 Å². The van der Waals surface area contributed by atoms with Crippen LogP contribution in [-0.2, 0) is 11.3 Å². The van der Waals surface area contributed by atoms with E-state index in [4.69, 9.17) is 0 Å². The maximum Gasteiger partial charge on any atom is 0.289 e. The van der Waals surface area contributed by atoms with E-state index in [9.17, 15) is 9.90 Å². The predicted octanol–water partition coefficient (Wildman–Crippen LogP) is 4.73. The van der Waals surface area contributed by atoms with Crippen molar-refractivity contribution in [1.29, 1.82) is 0 Å². The molecule has 1 aliphatic rings. The van der Waals surface area contributed by atoms with Crippen LogP contribution in [0.1, 0.15) is 50.6 Å². The van der Waals surface area contributed by atoms with Gasteiger partial charge in [0.1, 0.15) is 0 Å². The lowest BCUT2D eigenvalue weighted by Crippen LogP contribution is -2.32. The number of unbranched alkanes of at least 4 members (excludes halogenated alkanes) is 2. The summed E-state index contributed by atoms with van der Waals surface area (Å²) in [6.45, 7) is 3.53. The van der Waals surface area contributed by atoms with Crippen LogP contribution in [-0.4, -0.2) is 37.0 Å². The molecule has 152 valence electrons. The first kappa shape index (κ1) is 19.3. The number of amides is 1. The van der Waals surface area contributed by atoms with E-state index in [0.29, 0.717) is 6.54 Å². The molecule has 1 amide bonds. The maximum absolute atomic E-state index is 13.0. The number of aliphatic hydroxyl groups is 1. The Kier molecular flexibility index (Phi) is 5.69. The Hall–Kier alpha value is -3.02. The molecule has 2 aromatic heterocycles. The Morgan fingerprint density at radius 1 is 1.17 bits per heavy atom. The molecule has 1 atom stereocenters. The van der Waals surface area contributed by atoms with Gasteiger partial charge < -0.3 is 19.6 Å². The topological polar surface area (TPSA) is 74.2 Å². The minimum atomic E-state index is -0.252. The third kappa shape index (κ3) is 3.79. The van der Waals surface area contributed by atoms with E-state index < -0.39 is 0 Å². The number of nitrogens with zero attached hydrogens (tertiary/aromatic N) is 3. The lowest BCUT2D eigenvalue weighted by molar-refractivity contribution is -0.129. The summed E-state index contributed by atoms with van der Waals surface area (Å²) in [4.78, 5) is 22.2. The number of aryl methyl sites for hydroxylation is 1. The van der Waals surface area contributed by atoms with Gasteiger partial charge in [-0.2, -0.15) is 0 Å². The van der Waals surface area contributed by atoms with Crippen molar-refractivity contribution in [2.24, 2.45) is 0 Å². The van der Waals surface area contributed by atoms with E-state index in [0.717, 1.165) is 60.7 Å². The van der Waals surface area contributed by atoms with Crippen LogP contribution in [0.25, 0.3) is 10.9 Å². The second kappa shape index (κ2) is 8.55. The second-order valence-corrected chi connectivity index (χ2v) is 7.68. The molecular formula is C23H28N4O2. The molecule has 0 bridgehead atoms. The summed E-state index contributed by atoms with van der Waals surface area (Å²) in [5.41, 5.74) is 2.97. The Labute approximate surface area is 170 Å². The normalized spacial score (nSPS) is 17.1. The van der Waals surface area contributed by atoms with E-state index in [-0.39, 0.29) is 17.7 Å². The average Bonchev–Trinajstić information content (AvgIpc) is 3.45. The molecule has 0 saturated carbocycles. The number of benzene rings is 1. The number of nitrogens with one attached hydrogen (secondary N) is 1. The van der Waals surface area contributed by atoms with Gasteiger partial charge in [-0.1, -0.05) is 38.0 Å². The summed E-state index contributed by atoms with van der Waals surface area (Å²) >= 11 is 0. The van der Waals surface area contributed by atoms with E-state index in [1.54, 1.807) is 12.5 Å². The van der Waals surface area contributed by atoms with Gasteiger partial charge in [-0.15, -0.1) is 0 Å². The lowest BCUT2D eigenvalue weighted by atomic mass is 9.94. The van der Waals surface area contributed by atoms with Crippen molar-refractivity contribution in [3.63, 3.8) is 0 Å². The number of hydrogen-bond donors (Lipinski definition) is 2. The van der Waals surface area contributed by atoms with Crippen LogP contribution < -0.4 is 0 Å². The number of fused-ring (bicyclic) bond motifs is 1. The number of aromatic nitrogens is 3. The number of rotatable bonds is 9. The molecule has 3 aromatic rings. The number of H-pyrrole nitrogens is 1. The molecule has 1 aliphatic heterocycles. The Bertz CT molecular complexity index is 1000. The fraction of sp³-hybridized carbons (Fsp3) is 0.391. The minimum absolute atomic E-state index is 0.0565. The van der Waals surface area contributed by atoms with Gasteiger partial charge in [0.05, 0.1) is 12.4 Å². The SMILES string of the molecule is CCCCCC1=C(O)C(=O)N(CCCn2ccnc2)C1c1c[nH]c2ccccc12. The standard InChI is InChI=1S/C23H28N4O2/c1-2-3-4-9-18-21(19-15-25-20-10-6-5-8-17(19)20)27(23(29)22(18)28)13-7-12-26-14-11-24-16-26/h5-6,8,10-11,14-16,21,25,28H,2-4,7,9,12-13H2,1H3. The first-order chi connectivity index (χ1) is 14.2. The molecule has 29 heavy (non-hydrogen) atoms. The Morgan fingerprint density at radius 3 is 2.83 bits per heavy atom. The van der Waals surface area contributed by atoms with Crippen molar-refractivity contribution in [2.75, 3.05) is 6.54 Å². The predicted molar refractivity (Wildman–Crippen MR) is 113 cm³/mol. The van der Waals surface area contributed by atoms with Gasteiger partial charge in [0.15, 0.2) is 5.76 Å². The third-order valence-corrected chi connectivity index (χ3v) is 5.75. The van der Waals surface area contributed by atoms with Crippen LogP contribution in [0.5, 0.6) is 0 Å². The monoisotopic (exact) mass is 392 g/mol. The van der Waals surface area contributed by atoms with Crippen LogP contribution in [0, 0.1) is 0 Å². The number of aromatic amines is 1. The zero-order chi connectivity index (χ0) is 20.2. The van der Waals surface area contributed by atoms with Gasteiger partial charge in [0, 0.05) is 53.7 Å². The summed E-state index contributed by atoms with van der Waals surface area (Å²) in [5.74, 6) is -0.309. The number of hydrogen-bond acceptors (Lipinski definition) is 3. The zero-order valence-corrected chi connectivity index (χ0v) is 16.8. The van der Waals surface area contributed by atoms with Crippen molar-refractivity contribution in [3.05, 3.63) is 66.1 Å². The molecule has 0 spiro atoms. The fourth-order valence-electron chi connectivity index (χ4n) is 4.28. The number of para-hydroxylation sites is 1. The summed E-state index contributed by atoms with van der Waals surface area (Å²) in [6.07, 6.45) is 12.2. The molecule has 1 unspecified atom stereocenters. The fourth-order valence-corrected chi connectivity index (χ4v) is 4.28. The summed E-state index contributed by atoms with van der Waals surface area (Å²) < 4.78 is 2.01. The Morgan fingerprint density at radius 2 is 2.03 bits per heavy atom. The molecule has 4 rings (SSSR count). The van der Waals surface area contributed by atoms with Gasteiger partial charge >= 0.3 is 0 Å². The van der Waals surface area contributed by atoms with Gasteiger partial charge in [-0.3, -0.25) is 4.79 Å². The van der Waals surface area contributed by atoms with Crippen molar-refractivity contribution in [1.82, 2.24) is 19.4 Å². The Balaban J connectivity index is 1.62. The highest BCUT2D eigenvalue weighted by atomic mass is 16.3. The van der Waals surface area contributed by atoms with E-state index in [1.807, 2.05) is 40.1 Å². The molecular weight excluding hydrogens is 364 g/mol.